The lowest BCUT2D eigenvalue weighted by Gasteiger charge is -2.34. The van der Waals surface area contributed by atoms with Crippen LogP contribution in [0.15, 0.2) is 0 Å². The predicted molar refractivity (Wildman–Crippen MR) is 133 cm³/mol. The number of aliphatic hydroxyl groups is 2. The molecule has 0 aliphatic rings. The average Bonchev–Trinajstić information content (AvgIpc) is 2.71. The summed E-state index contributed by atoms with van der Waals surface area (Å²) in [7, 11) is 5.95. The lowest BCUT2D eigenvalue weighted by molar-refractivity contribution is -0.896. The third-order valence-corrected chi connectivity index (χ3v) is 7.08. The van der Waals surface area contributed by atoms with Crippen molar-refractivity contribution in [2.75, 3.05) is 52.4 Å². The second-order valence-corrected chi connectivity index (χ2v) is 10.8. The van der Waals surface area contributed by atoms with Crippen molar-refractivity contribution < 1.29 is 36.4 Å². The number of unbranched alkanes of at least 4 members (excludes halogenated alkanes) is 13. The first kappa shape index (κ1) is 33.8. The zero-order valence-corrected chi connectivity index (χ0v) is 23.5. The summed E-state index contributed by atoms with van der Waals surface area (Å²) in [4.78, 5) is 0. The summed E-state index contributed by atoms with van der Waals surface area (Å²) in [5.41, 5.74) is 0. The molecule has 4 nitrogen and oxygen atoms in total. The molecule has 0 aliphatic heterocycles. The standard InChI is InChI=1S/C25H54NO3S.BrH/c1-5-6-7-8-9-10-11-12-13-14-15-16-17-18-19-30-23-25(29-4)21-26(2,3)20-24(28)22-27;/h24-25,27-28H,5-23H2,1-4H3;1H/q+1;/p-1. The van der Waals surface area contributed by atoms with Gasteiger partial charge in [-0.05, 0) is 12.2 Å². The van der Waals surface area contributed by atoms with E-state index in [0.29, 0.717) is 11.0 Å². The maximum Gasteiger partial charge on any atom is 0.126 e. The summed E-state index contributed by atoms with van der Waals surface area (Å²) in [6, 6.07) is 0. The highest BCUT2D eigenvalue weighted by Crippen LogP contribution is 2.15. The maximum absolute atomic E-state index is 9.69. The van der Waals surface area contributed by atoms with Gasteiger partial charge in [-0.2, -0.15) is 11.8 Å². The van der Waals surface area contributed by atoms with Crippen LogP contribution in [0.25, 0.3) is 0 Å². The van der Waals surface area contributed by atoms with E-state index in [9.17, 15) is 5.11 Å². The topological polar surface area (TPSA) is 49.7 Å². The molecule has 0 saturated carbocycles. The quantitative estimate of drug-likeness (QED) is 0.158. The largest absolute Gasteiger partial charge is 1.00 e. The van der Waals surface area contributed by atoms with Gasteiger partial charge in [0.05, 0.1) is 20.7 Å². The van der Waals surface area contributed by atoms with E-state index in [1.807, 2.05) is 11.8 Å². The van der Waals surface area contributed by atoms with Crippen molar-refractivity contribution in [2.45, 2.75) is 109 Å². The Balaban J connectivity index is 0. The molecule has 0 bridgehead atoms. The molecule has 2 N–H and O–H groups in total. The van der Waals surface area contributed by atoms with Gasteiger partial charge in [-0.3, -0.25) is 0 Å². The van der Waals surface area contributed by atoms with Crippen LogP contribution in [0.4, 0.5) is 0 Å². The van der Waals surface area contributed by atoms with Gasteiger partial charge in [0.2, 0.25) is 0 Å². The van der Waals surface area contributed by atoms with Gasteiger partial charge in [0.15, 0.2) is 0 Å². The molecular formula is C25H54BrNO3S. The van der Waals surface area contributed by atoms with Gasteiger partial charge in [0.25, 0.3) is 0 Å². The van der Waals surface area contributed by atoms with Gasteiger partial charge in [-0.1, -0.05) is 90.4 Å². The van der Waals surface area contributed by atoms with Crippen LogP contribution in [-0.2, 0) is 4.74 Å². The minimum atomic E-state index is -0.652. The number of hydrogen-bond donors (Lipinski definition) is 2. The van der Waals surface area contributed by atoms with Crippen molar-refractivity contribution >= 4 is 11.8 Å². The fourth-order valence-electron chi connectivity index (χ4n) is 4.06. The number of thioether (sulfide) groups is 1. The predicted octanol–water partition coefficient (Wildman–Crippen LogP) is 2.65. The fourth-order valence-corrected chi connectivity index (χ4v) is 5.14. The molecule has 0 aromatic rings. The van der Waals surface area contributed by atoms with Crippen molar-refractivity contribution in [2.24, 2.45) is 0 Å². The first-order valence-electron chi connectivity index (χ1n) is 12.7. The molecule has 0 aromatic carbocycles. The van der Waals surface area contributed by atoms with Crippen molar-refractivity contribution in [3.63, 3.8) is 0 Å². The van der Waals surface area contributed by atoms with Crippen molar-refractivity contribution in [1.29, 1.82) is 0 Å². The second kappa shape index (κ2) is 23.8. The molecule has 2 atom stereocenters. The van der Waals surface area contributed by atoms with Crippen LogP contribution in [0, 0.1) is 0 Å². The minimum Gasteiger partial charge on any atom is -1.00 e. The van der Waals surface area contributed by atoms with Crippen molar-refractivity contribution in [1.82, 2.24) is 0 Å². The number of ether oxygens (including phenoxy) is 1. The van der Waals surface area contributed by atoms with E-state index in [0.717, 1.165) is 12.3 Å². The lowest BCUT2D eigenvalue weighted by Crippen LogP contribution is -3.00. The summed E-state index contributed by atoms with van der Waals surface area (Å²) < 4.78 is 6.31. The van der Waals surface area contributed by atoms with Crippen LogP contribution in [-0.4, -0.2) is 79.3 Å². The van der Waals surface area contributed by atoms with E-state index in [4.69, 9.17) is 9.84 Å². The molecule has 0 aliphatic carbocycles. The molecule has 0 aromatic heterocycles. The SMILES string of the molecule is CCCCCCCCCCCCCCCCSCC(C[N+](C)(C)CC(O)CO)OC.[Br-]. The highest BCUT2D eigenvalue weighted by molar-refractivity contribution is 7.99. The van der Waals surface area contributed by atoms with E-state index >= 15 is 0 Å². The van der Waals surface area contributed by atoms with Gasteiger partial charge in [-0.25, -0.2) is 0 Å². The molecule has 0 radical (unpaired) electrons. The lowest BCUT2D eigenvalue weighted by atomic mass is 10.0. The molecule has 6 heteroatoms. The maximum atomic E-state index is 9.69. The normalized spacial score (nSPS) is 13.7. The van der Waals surface area contributed by atoms with Gasteiger partial charge in [-0.15, -0.1) is 0 Å². The monoisotopic (exact) mass is 527 g/mol. The third kappa shape index (κ3) is 23.6. The summed E-state index contributed by atoms with van der Waals surface area (Å²) in [6.45, 7) is 3.53. The molecule has 0 saturated heterocycles. The molecule has 0 fully saturated rings. The summed E-state index contributed by atoms with van der Waals surface area (Å²) in [5.74, 6) is 2.22. The van der Waals surface area contributed by atoms with Crippen molar-refractivity contribution in [3.05, 3.63) is 0 Å². The number of hydrogen-bond acceptors (Lipinski definition) is 4. The highest BCUT2D eigenvalue weighted by atomic mass is 79.9. The molecule has 190 valence electrons. The summed E-state index contributed by atoms with van der Waals surface area (Å²) in [5, 5.41) is 18.7. The Morgan fingerprint density at radius 3 is 1.65 bits per heavy atom. The molecule has 31 heavy (non-hydrogen) atoms. The molecule has 0 heterocycles. The fraction of sp³-hybridized carbons (Fsp3) is 1.00. The van der Waals surface area contributed by atoms with Crippen LogP contribution in [0.2, 0.25) is 0 Å². The Labute approximate surface area is 209 Å². The number of nitrogens with zero attached hydrogens (tertiary/aromatic N) is 1. The van der Waals surface area contributed by atoms with Crippen molar-refractivity contribution in [3.8, 4) is 0 Å². The van der Waals surface area contributed by atoms with Gasteiger partial charge < -0.3 is 36.4 Å². The molecule has 2 unspecified atom stereocenters. The number of likely N-dealkylation sites (N-methyl/N-ethyl adjacent to an activating group) is 1. The Kier molecular flexibility index (Phi) is 26.0. The Hall–Kier alpha value is 0.670. The van der Waals surface area contributed by atoms with Crippen LogP contribution >= 0.6 is 11.8 Å². The number of quaternary nitrogens is 1. The van der Waals surface area contributed by atoms with E-state index < -0.39 is 6.10 Å². The highest BCUT2D eigenvalue weighted by Gasteiger charge is 2.24. The summed E-state index contributed by atoms with van der Waals surface area (Å²) in [6.07, 6.45) is 19.3. The molecule has 0 amide bonds. The number of aliphatic hydroxyl groups excluding tert-OH is 2. The molecule has 0 spiro atoms. The molecule has 0 rings (SSSR count). The van der Waals surface area contributed by atoms with E-state index in [1.54, 1.807) is 7.11 Å². The Morgan fingerprint density at radius 2 is 1.23 bits per heavy atom. The Bertz CT molecular complexity index is 362. The van der Waals surface area contributed by atoms with Gasteiger partial charge >= 0.3 is 0 Å². The van der Waals surface area contributed by atoms with Crippen LogP contribution in [0.5, 0.6) is 0 Å². The average molecular weight is 529 g/mol. The van der Waals surface area contributed by atoms with Crippen LogP contribution < -0.4 is 17.0 Å². The van der Waals surface area contributed by atoms with E-state index in [1.165, 1.54) is 95.6 Å². The van der Waals surface area contributed by atoms with Crippen LogP contribution in [0.1, 0.15) is 96.8 Å². The number of rotatable bonds is 23. The first-order valence-corrected chi connectivity index (χ1v) is 13.8. The summed E-state index contributed by atoms with van der Waals surface area (Å²) >= 11 is 1.99. The second-order valence-electron chi connectivity index (χ2n) is 9.67. The first-order chi connectivity index (χ1) is 14.4. The Morgan fingerprint density at radius 1 is 0.774 bits per heavy atom. The van der Waals surface area contributed by atoms with E-state index in [2.05, 4.69) is 21.0 Å². The van der Waals surface area contributed by atoms with Crippen LogP contribution in [0.3, 0.4) is 0 Å². The minimum absolute atomic E-state index is 0. The number of methoxy groups -OCH3 is 1. The zero-order chi connectivity index (χ0) is 22.5. The third-order valence-electron chi connectivity index (χ3n) is 5.89. The zero-order valence-electron chi connectivity index (χ0n) is 21.1. The van der Waals surface area contributed by atoms with Gasteiger partial charge in [0, 0.05) is 12.9 Å². The molecular weight excluding hydrogens is 474 g/mol. The smallest absolute Gasteiger partial charge is 0.126 e. The van der Waals surface area contributed by atoms with E-state index in [-0.39, 0.29) is 29.7 Å². The van der Waals surface area contributed by atoms with Gasteiger partial charge in [0.1, 0.15) is 25.3 Å². The number of halogens is 1.